The Hall–Kier alpha value is -2.67. The molecule has 2 amide bonds. The van der Waals surface area contributed by atoms with Crippen LogP contribution in [0.2, 0.25) is 0 Å². The van der Waals surface area contributed by atoms with Gasteiger partial charge in [0.15, 0.2) is 0 Å². The van der Waals surface area contributed by atoms with Gasteiger partial charge in [0.25, 0.3) is 5.91 Å². The second-order valence-electron chi connectivity index (χ2n) is 3.99. The van der Waals surface area contributed by atoms with E-state index in [0.29, 0.717) is 16.5 Å². The van der Waals surface area contributed by atoms with Gasteiger partial charge in [0.1, 0.15) is 5.82 Å². The third-order valence-electron chi connectivity index (χ3n) is 2.74. The minimum Gasteiger partial charge on any atom is -0.465 e. The lowest BCUT2D eigenvalue weighted by Crippen LogP contribution is -2.26. The summed E-state index contributed by atoms with van der Waals surface area (Å²) in [6, 6.07) is 8.36. The van der Waals surface area contributed by atoms with E-state index >= 15 is 0 Å². The Labute approximate surface area is 114 Å². The van der Waals surface area contributed by atoms with Crippen molar-refractivity contribution in [2.45, 2.75) is 0 Å². The minimum absolute atomic E-state index is 0.0871. The molecule has 0 aliphatic heterocycles. The fraction of sp³-hybridized carbons (Fsp3) is 0.154. The summed E-state index contributed by atoms with van der Waals surface area (Å²) in [4.78, 5) is 31.9. The number of hydroxylamine groups is 2. The Morgan fingerprint density at radius 3 is 2.70 bits per heavy atom. The largest absolute Gasteiger partial charge is 0.465 e. The lowest BCUT2D eigenvalue weighted by molar-refractivity contribution is -0.0755. The Kier molecular flexibility index (Phi) is 3.81. The first-order chi connectivity index (χ1) is 9.52. The number of hydrogen-bond acceptors (Lipinski definition) is 4. The van der Waals surface area contributed by atoms with Crippen molar-refractivity contribution in [1.29, 1.82) is 0 Å². The normalized spacial score (nSPS) is 10.3. The van der Waals surface area contributed by atoms with Gasteiger partial charge >= 0.3 is 6.09 Å². The summed E-state index contributed by atoms with van der Waals surface area (Å²) in [6.45, 7) is 0. The number of aromatic nitrogens is 1. The van der Waals surface area contributed by atoms with Gasteiger partial charge in [-0.15, -0.1) is 0 Å². The molecule has 104 valence electrons. The van der Waals surface area contributed by atoms with E-state index in [0.717, 1.165) is 5.06 Å². The summed E-state index contributed by atoms with van der Waals surface area (Å²) >= 11 is 0. The number of nitrogens with zero attached hydrogens (tertiary/aromatic N) is 2. The van der Waals surface area contributed by atoms with Crippen LogP contribution in [0.3, 0.4) is 0 Å². The van der Waals surface area contributed by atoms with Crippen LogP contribution < -0.4 is 5.32 Å². The van der Waals surface area contributed by atoms with E-state index in [4.69, 9.17) is 9.94 Å². The second kappa shape index (κ2) is 5.54. The quantitative estimate of drug-likeness (QED) is 0.835. The summed E-state index contributed by atoms with van der Waals surface area (Å²) in [6.07, 6.45) is -1.24. The van der Waals surface area contributed by atoms with E-state index in [2.05, 4.69) is 10.3 Å². The molecule has 1 heterocycles. The maximum absolute atomic E-state index is 12.2. The highest BCUT2D eigenvalue weighted by Crippen LogP contribution is 2.22. The van der Waals surface area contributed by atoms with Gasteiger partial charge in [-0.3, -0.25) is 14.9 Å². The smallest absolute Gasteiger partial charge is 0.410 e. The average molecular weight is 275 g/mol. The molecule has 0 aliphatic carbocycles. The van der Waals surface area contributed by atoms with Crippen molar-refractivity contribution in [3.8, 4) is 0 Å². The Morgan fingerprint density at radius 2 is 2.05 bits per heavy atom. The number of anilines is 1. The zero-order valence-corrected chi connectivity index (χ0v) is 11.0. The highest BCUT2D eigenvalue weighted by Gasteiger charge is 2.17. The molecule has 0 bridgehead atoms. The van der Waals surface area contributed by atoms with Crippen molar-refractivity contribution in [1.82, 2.24) is 10.0 Å². The van der Waals surface area contributed by atoms with Crippen LogP contribution in [0.5, 0.6) is 0 Å². The Morgan fingerprint density at radius 1 is 1.35 bits per heavy atom. The van der Waals surface area contributed by atoms with Crippen LogP contribution in [0, 0.1) is 0 Å². The van der Waals surface area contributed by atoms with Gasteiger partial charge in [-0.25, -0.2) is 14.8 Å². The molecular formula is C13H13N3O4. The highest BCUT2D eigenvalue weighted by molar-refractivity contribution is 6.07. The predicted molar refractivity (Wildman–Crippen MR) is 72.5 cm³/mol. The number of fused-ring (bicyclic) bond motifs is 1. The number of benzene rings is 1. The third-order valence-corrected chi connectivity index (χ3v) is 2.74. The first-order valence-corrected chi connectivity index (χ1v) is 5.75. The number of carbonyl (C=O) groups excluding carboxylic acids is 1. The first kappa shape index (κ1) is 13.8. The summed E-state index contributed by atoms with van der Waals surface area (Å²) in [5.74, 6) is -0.302. The number of nitrogens with one attached hydrogen (secondary N) is 1. The molecule has 0 saturated carbocycles. The molecule has 1 aromatic carbocycles. The minimum atomic E-state index is -1.24. The van der Waals surface area contributed by atoms with Crippen LogP contribution in [0.15, 0.2) is 30.3 Å². The van der Waals surface area contributed by atoms with Crippen LogP contribution in [-0.4, -0.2) is 41.3 Å². The molecule has 0 unspecified atom stereocenters. The van der Waals surface area contributed by atoms with E-state index in [9.17, 15) is 9.59 Å². The lowest BCUT2D eigenvalue weighted by Gasteiger charge is -2.15. The van der Waals surface area contributed by atoms with Crippen molar-refractivity contribution >= 4 is 28.7 Å². The monoisotopic (exact) mass is 275 g/mol. The topological polar surface area (TPSA) is 91.8 Å². The molecule has 7 heteroatoms. The number of hydrogen-bond donors (Lipinski definition) is 2. The zero-order valence-electron chi connectivity index (χ0n) is 11.0. The van der Waals surface area contributed by atoms with Gasteiger partial charge in [-0.2, -0.15) is 0 Å². The van der Waals surface area contributed by atoms with Crippen LogP contribution >= 0.6 is 0 Å². The molecule has 2 aromatic rings. The van der Waals surface area contributed by atoms with Crippen molar-refractivity contribution in [3.63, 3.8) is 0 Å². The first-order valence-electron chi connectivity index (χ1n) is 5.75. The SMILES string of the molecule is CON(C)C(=O)c1cc(NC(=O)O)nc2ccccc12. The second-order valence-corrected chi connectivity index (χ2v) is 3.99. The van der Waals surface area contributed by atoms with Gasteiger partial charge < -0.3 is 5.11 Å². The third kappa shape index (κ3) is 2.67. The summed E-state index contributed by atoms with van der Waals surface area (Å²) < 4.78 is 0. The Balaban J connectivity index is 2.60. The fourth-order valence-corrected chi connectivity index (χ4v) is 1.78. The predicted octanol–water partition coefficient (Wildman–Crippen LogP) is 1.96. The molecule has 0 radical (unpaired) electrons. The van der Waals surface area contributed by atoms with Crippen LogP contribution in [0.25, 0.3) is 10.9 Å². The van der Waals surface area contributed by atoms with Crippen molar-refractivity contribution in [2.75, 3.05) is 19.5 Å². The molecule has 7 nitrogen and oxygen atoms in total. The van der Waals surface area contributed by atoms with E-state index in [1.54, 1.807) is 24.3 Å². The van der Waals surface area contributed by atoms with Gasteiger partial charge in [-0.05, 0) is 12.1 Å². The maximum Gasteiger partial charge on any atom is 0.410 e. The molecule has 0 aliphatic rings. The fourth-order valence-electron chi connectivity index (χ4n) is 1.78. The number of amides is 2. The molecule has 0 atom stereocenters. The van der Waals surface area contributed by atoms with Gasteiger partial charge in [0.2, 0.25) is 0 Å². The average Bonchev–Trinajstić information content (AvgIpc) is 2.44. The van der Waals surface area contributed by atoms with Crippen LogP contribution in [0.1, 0.15) is 10.4 Å². The number of carbonyl (C=O) groups is 2. The number of rotatable bonds is 3. The Bertz CT molecular complexity index is 672. The standard InChI is InChI=1S/C13H13N3O4/c1-16(20-2)12(17)9-7-11(15-13(18)19)14-10-6-4-3-5-8(9)10/h3-7H,1-2H3,(H,14,15)(H,18,19). The molecule has 2 N–H and O–H groups in total. The van der Waals surface area contributed by atoms with Crippen LogP contribution in [-0.2, 0) is 4.84 Å². The van der Waals surface area contributed by atoms with Gasteiger partial charge in [0.05, 0.1) is 18.2 Å². The van der Waals surface area contributed by atoms with E-state index in [1.807, 2.05) is 0 Å². The lowest BCUT2D eigenvalue weighted by atomic mass is 10.1. The van der Waals surface area contributed by atoms with Crippen LogP contribution in [0.4, 0.5) is 10.6 Å². The molecule has 1 aromatic heterocycles. The highest BCUT2D eigenvalue weighted by atomic mass is 16.7. The number of pyridine rings is 1. The molecular weight excluding hydrogens is 262 g/mol. The van der Waals surface area contributed by atoms with Crippen molar-refractivity contribution < 1.29 is 19.5 Å². The van der Waals surface area contributed by atoms with E-state index in [-0.39, 0.29) is 11.7 Å². The molecule has 0 fully saturated rings. The summed E-state index contributed by atoms with van der Waals surface area (Å²) in [5, 5.41) is 12.6. The summed E-state index contributed by atoms with van der Waals surface area (Å²) in [7, 11) is 2.85. The van der Waals surface area contributed by atoms with E-state index in [1.165, 1.54) is 20.2 Å². The summed E-state index contributed by atoms with van der Waals surface area (Å²) in [5.41, 5.74) is 0.829. The number of carboxylic acid groups (broad SMARTS) is 1. The molecule has 20 heavy (non-hydrogen) atoms. The van der Waals surface area contributed by atoms with Gasteiger partial charge in [0, 0.05) is 12.4 Å². The number of para-hydroxylation sites is 1. The van der Waals surface area contributed by atoms with E-state index < -0.39 is 6.09 Å². The van der Waals surface area contributed by atoms with Gasteiger partial charge in [-0.1, -0.05) is 18.2 Å². The van der Waals surface area contributed by atoms with Crippen molar-refractivity contribution in [2.24, 2.45) is 0 Å². The maximum atomic E-state index is 12.2. The zero-order chi connectivity index (χ0) is 14.7. The van der Waals surface area contributed by atoms with Crippen molar-refractivity contribution in [3.05, 3.63) is 35.9 Å². The molecule has 2 rings (SSSR count). The molecule has 0 spiro atoms. The molecule has 0 saturated heterocycles.